The SMILES string of the molecule is CCCCCC/C=C\COC(=O)CCCCCCCN(CCCCCCCC(=O)OC/C=C\CCCCCC)C(=O)CSCCN(C)C. The van der Waals surface area contributed by atoms with Crippen molar-refractivity contribution in [3.63, 3.8) is 0 Å². The molecule has 0 aromatic carbocycles. The topological polar surface area (TPSA) is 76.1 Å². The van der Waals surface area contributed by atoms with Gasteiger partial charge < -0.3 is 19.3 Å². The maximum absolute atomic E-state index is 13.0. The van der Waals surface area contributed by atoms with E-state index < -0.39 is 0 Å². The molecule has 0 N–H and O–H groups in total. The number of thioether (sulfide) groups is 1. The highest BCUT2D eigenvalue weighted by molar-refractivity contribution is 7.99. The predicted octanol–water partition coefficient (Wildman–Crippen LogP) is 9.93. The first-order valence-corrected chi connectivity index (χ1v) is 20.7. The van der Waals surface area contributed by atoms with Gasteiger partial charge in [0.25, 0.3) is 0 Å². The molecule has 48 heavy (non-hydrogen) atoms. The van der Waals surface area contributed by atoms with Gasteiger partial charge in [0.1, 0.15) is 13.2 Å². The largest absolute Gasteiger partial charge is 0.461 e. The van der Waals surface area contributed by atoms with Crippen LogP contribution < -0.4 is 0 Å². The molecule has 0 unspecified atom stereocenters. The number of esters is 2. The Balaban J connectivity index is 4.12. The van der Waals surface area contributed by atoms with Crippen LogP contribution in [0.15, 0.2) is 24.3 Å². The van der Waals surface area contributed by atoms with Crippen LogP contribution in [0, 0.1) is 0 Å². The van der Waals surface area contributed by atoms with E-state index in [1.54, 1.807) is 11.8 Å². The zero-order valence-corrected chi connectivity index (χ0v) is 32.5. The van der Waals surface area contributed by atoms with Gasteiger partial charge in [0.15, 0.2) is 0 Å². The maximum Gasteiger partial charge on any atom is 0.306 e. The van der Waals surface area contributed by atoms with Crippen LogP contribution in [0.4, 0.5) is 0 Å². The van der Waals surface area contributed by atoms with E-state index in [2.05, 4.69) is 49.9 Å². The highest BCUT2D eigenvalue weighted by atomic mass is 32.2. The maximum atomic E-state index is 13.0. The molecule has 0 bridgehead atoms. The Morgan fingerprint density at radius 3 is 1.44 bits per heavy atom. The highest BCUT2D eigenvalue weighted by Gasteiger charge is 2.13. The molecular weight excluding hydrogens is 621 g/mol. The van der Waals surface area contributed by atoms with Gasteiger partial charge >= 0.3 is 11.9 Å². The lowest BCUT2D eigenvalue weighted by Crippen LogP contribution is -2.34. The fraction of sp³-hybridized carbons (Fsp3) is 0.825. The summed E-state index contributed by atoms with van der Waals surface area (Å²) in [5, 5.41) is 0. The van der Waals surface area contributed by atoms with Crippen molar-refractivity contribution in [2.45, 2.75) is 155 Å². The fourth-order valence-corrected chi connectivity index (χ4v) is 6.24. The summed E-state index contributed by atoms with van der Waals surface area (Å²) >= 11 is 1.72. The third-order valence-corrected chi connectivity index (χ3v) is 9.26. The first-order valence-electron chi connectivity index (χ1n) is 19.5. The average molecular weight is 695 g/mol. The number of carbonyl (C=O) groups is 3. The molecule has 0 aliphatic carbocycles. The number of hydrogen-bond acceptors (Lipinski definition) is 7. The molecule has 0 fully saturated rings. The number of hydrogen-bond donors (Lipinski definition) is 0. The van der Waals surface area contributed by atoms with Gasteiger partial charge in [-0.3, -0.25) is 14.4 Å². The molecule has 7 nitrogen and oxygen atoms in total. The van der Waals surface area contributed by atoms with Crippen LogP contribution in [0.2, 0.25) is 0 Å². The normalized spacial score (nSPS) is 11.6. The minimum absolute atomic E-state index is 0.106. The summed E-state index contributed by atoms with van der Waals surface area (Å²) in [6.45, 7) is 7.79. The molecule has 0 aliphatic rings. The standard InChI is InChI=1S/C40H74N2O5S/c1-5-7-9-11-13-21-27-34-46-39(44)29-23-17-15-19-25-31-42(38(43)37-48-36-33-41(3)4)32-26-20-16-18-24-30-40(45)47-35-28-22-14-12-10-8-6-2/h21-22,27-28H,5-20,23-26,29-37H2,1-4H3/b27-21-,28-22-. The average Bonchev–Trinajstić information content (AvgIpc) is 3.07. The molecule has 0 aromatic rings. The minimum Gasteiger partial charge on any atom is -0.461 e. The second-order valence-electron chi connectivity index (χ2n) is 13.3. The van der Waals surface area contributed by atoms with Crippen LogP contribution in [0.1, 0.15) is 155 Å². The van der Waals surface area contributed by atoms with Gasteiger partial charge in [-0.25, -0.2) is 0 Å². The Kier molecular flexibility index (Phi) is 35.1. The highest BCUT2D eigenvalue weighted by Crippen LogP contribution is 2.12. The van der Waals surface area contributed by atoms with Crippen molar-refractivity contribution in [3.05, 3.63) is 24.3 Å². The first-order chi connectivity index (χ1) is 23.4. The molecule has 0 aromatic heterocycles. The summed E-state index contributed by atoms with van der Waals surface area (Å²) in [5.74, 6) is 1.53. The zero-order valence-electron chi connectivity index (χ0n) is 31.7. The Labute approximate surface area is 300 Å². The third-order valence-electron chi connectivity index (χ3n) is 8.34. The number of carbonyl (C=O) groups excluding carboxylic acids is 3. The van der Waals surface area contributed by atoms with Crippen molar-refractivity contribution < 1.29 is 23.9 Å². The molecule has 1 amide bonds. The molecular formula is C40H74N2O5S. The monoisotopic (exact) mass is 695 g/mol. The number of nitrogens with zero attached hydrogens (tertiary/aromatic N) is 2. The first kappa shape index (κ1) is 46.2. The molecule has 0 saturated heterocycles. The van der Waals surface area contributed by atoms with Crippen LogP contribution >= 0.6 is 11.8 Å². The minimum atomic E-state index is -0.106. The molecule has 8 heteroatoms. The Hall–Kier alpha value is -1.80. The van der Waals surface area contributed by atoms with Crippen LogP contribution in [-0.4, -0.2) is 86.1 Å². The molecule has 0 aliphatic heterocycles. The van der Waals surface area contributed by atoms with Crippen molar-refractivity contribution in [2.24, 2.45) is 0 Å². The van der Waals surface area contributed by atoms with Crippen LogP contribution in [0.5, 0.6) is 0 Å². The number of ether oxygens (including phenoxy) is 2. The van der Waals surface area contributed by atoms with Crippen molar-refractivity contribution in [2.75, 3.05) is 58.4 Å². The molecule has 0 spiro atoms. The summed E-state index contributed by atoms with van der Waals surface area (Å²) in [6, 6.07) is 0. The fourth-order valence-electron chi connectivity index (χ4n) is 5.24. The van der Waals surface area contributed by atoms with Crippen molar-refractivity contribution in [1.82, 2.24) is 9.80 Å². The summed E-state index contributed by atoms with van der Waals surface area (Å²) in [7, 11) is 4.12. The van der Waals surface area contributed by atoms with Gasteiger partial charge in [-0.15, -0.1) is 0 Å². The zero-order chi connectivity index (χ0) is 35.3. The third kappa shape index (κ3) is 34.1. The summed E-state index contributed by atoms with van der Waals surface area (Å²) in [4.78, 5) is 41.2. The van der Waals surface area contributed by atoms with Gasteiger partial charge in [-0.2, -0.15) is 11.8 Å². The van der Waals surface area contributed by atoms with Crippen molar-refractivity contribution >= 4 is 29.6 Å². The van der Waals surface area contributed by atoms with Crippen molar-refractivity contribution in [1.29, 1.82) is 0 Å². The van der Waals surface area contributed by atoms with Gasteiger partial charge in [-0.1, -0.05) is 115 Å². The Morgan fingerprint density at radius 1 is 0.542 bits per heavy atom. The van der Waals surface area contributed by atoms with E-state index in [-0.39, 0.29) is 17.8 Å². The predicted molar refractivity (Wildman–Crippen MR) is 206 cm³/mol. The summed E-state index contributed by atoms with van der Waals surface area (Å²) in [5.41, 5.74) is 0. The van der Waals surface area contributed by atoms with E-state index >= 15 is 0 Å². The lowest BCUT2D eigenvalue weighted by atomic mass is 10.1. The molecule has 0 atom stereocenters. The summed E-state index contributed by atoms with van der Waals surface area (Å²) in [6.07, 6.45) is 31.3. The van der Waals surface area contributed by atoms with E-state index in [9.17, 15) is 14.4 Å². The summed E-state index contributed by atoms with van der Waals surface area (Å²) < 4.78 is 10.6. The second-order valence-corrected chi connectivity index (χ2v) is 14.4. The van der Waals surface area contributed by atoms with Gasteiger partial charge in [0, 0.05) is 38.2 Å². The van der Waals surface area contributed by atoms with E-state index in [1.807, 2.05) is 12.2 Å². The molecule has 0 radical (unpaired) electrons. The lowest BCUT2D eigenvalue weighted by molar-refractivity contribution is -0.143. The Bertz CT molecular complexity index is 765. The van der Waals surface area contributed by atoms with E-state index in [4.69, 9.17) is 9.47 Å². The van der Waals surface area contributed by atoms with Crippen LogP contribution in [0.25, 0.3) is 0 Å². The number of unbranched alkanes of at least 4 members (excludes halogenated alkanes) is 16. The molecule has 0 rings (SSSR count). The Morgan fingerprint density at radius 2 is 0.979 bits per heavy atom. The molecule has 280 valence electrons. The quantitative estimate of drug-likeness (QED) is 0.0371. The number of allylic oxidation sites excluding steroid dienone is 2. The van der Waals surface area contributed by atoms with E-state index in [1.165, 1.54) is 51.4 Å². The van der Waals surface area contributed by atoms with Gasteiger partial charge in [0.05, 0.1) is 5.75 Å². The van der Waals surface area contributed by atoms with Gasteiger partial charge in [-0.05, 0) is 65.5 Å². The molecule has 0 saturated carbocycles. The van der Waals surface area contributed by atoms with Gasteiger partial charge in [0.2, 0.25) is 5.91 Å². The van der Waals surface area contributed by atoms with Crippen molar-refractivity contribution in [3.8, 4) is 0 Å². The lowest BCUT2D eigenvalue weighted by Gasteiger charge is -2.23. The second kappa shape index (κ2) is 36.5. The molecule has 0 heterocycles. The van der Waals surface area contributed by atoms with Crippen LogP contribution in [-0.2, 0) is 23.9 Å². The van der Waals surface area contributed by atoms with Crippen LogP contribution in [0.3, 0.4) is 0 Å². The smallest absolute Gasteiger partial charge is 0.306 e. The van der Waals surface area contributed by atoms with E-state index in [0.29, 0.717) is 31.8 Å². The number of rotatable bonds is 35. The number of amides is 1. The van der Waals surface area contributed by atoms with E-state index in [0.717, 1.165) is 102 Å².